The normalized spacial score (nSPS) is 19.1. The Morgan fingerprint density at radius 2 is 2.06 bits per heavy atom. The lowest BCUT2D eigenvalue weighted by Crippen LogP contribution is -2.36. The molecule has 1 atom stereocenters. The van der Waals surface area contributed by atoms with Crippen LogP contribution in [0, 0.1) is 16.7 Å². The molecule has 0 amide bonds. The van der Waals surface area contributed by atoms with Gasteiger partial charge in [-0.3, -0.25) is 0 Å². The van der Waals surface area contributed by atoms with Crippen LogP contribution in [0.15, 0.2) is 24.3 Å². The summed E-state index contributed by atoms with van der Waals surface area (Å²) in [5, 5.41) is 12.6. The van der Waals surface area contributed by atoms with Gasteiger partial charge >= 0.3 is 0 Å². The van der Waals surface area contributed by atoms with Gasteiger partial charge in [0.25, 0.3) is 0 Å². The van der Waals surface area contributed by atoms with Crippen LogP contribution in [-0.4, -0.2) is 12.6 Å². The maximum absolute atomic E-state index is 8.98. The average molecular weight is 242 g/mol. The SMILES string of the molecule is CC(C)(C#N)CCNC1CCc2ccccc2C1. The van der Waals surface area contributed by atoms with E-state index in [-0.39, 0.29) is 5.41 Å². The number of rotatable bonds is 4. The molecular weight excluding hydrogens is 220 g/mol. The minimum absolute atomic E-state index is 0.209. The summed E-state index contributed by atoms with van der Waals surface area (Å²) in [6.07, 6.45) is 4.43. The maximum atomic E-state index is 8.98. The molecule has 96 valence electrons. The van der Waals surface area contributed by atoms with Gasteiger partial charge < -0.3 is 5.32 Å². The van der Waals surface area contributed by atoms with E-state index in [1.165, 1.54) is 24.0 Å². The second kappa shape index (κ2) is 5.54. The summed E-state index contributed by atoms with van der Waals surface area (Å²) < 4.78 is 0. The number of hydrogen-bond donors (Lipinski definition) is 1. The Balaban J connectivity index is 1.82. The third-order valence-corrected chi connectivity index (χ3v) is 3.83. The monoisotopic (exact) mass is 242 g/mol. The van der Waals surface area contributed by atoms with Crippen molar-refractivity contribution in [2.45, 2.75) is 45.6 Å². The third kappa shape index (κ3) is 3.34. The lowest BCUT2D eigenvalue weighted by Gasteiger charge is -2.26. The summed E-state index contributed by atoms with van der Waals surface area (Å²) in [6.45, 7) is 4.95. The highest BCUT2D eigenvalue weighted by molar-refractivity contribution is 5.30. The first kappa shape index (κ1) is 13.1. The van der Waals surface area contributed by atoms with E-state index in [1.54, 1.807) is 0 Å². The molecule has 1 aromatic carbocycles. The first-order valence-electron chi connectivity index (χ1n) is 6.82. The molecule has 1 N–H and O–H groups in total. The smallest absolute Gasteiger partial charge is 0.0684 e. The van der Waals surface area contributed by atoms with E-state index in [4.69, 9.17) is 5.26 Å². The van der Waals surface area contributed by atoms with Gasteiger partial charge in [0.1, 0.15) is 0 Å². The molecule has 2 heteroatoms. The van der Waals surface area contributed by atoms with Gasteiger partial charge in [0, 0.05) is 6.04 Å². The fourth-order valence-corrected chi connectivity index (χ4v) is 2.52. The van der Waals surface area contributed by atoms with Gasteiger partial charge in [-0.05, 0) is 57.2 Å². The fourth-order valence-electron chi connectivity index (χ4n) is 2.52. The molecule has 1 aliphatic carbocycles. The number of aryl methyl sites for hydroxylation is 1. The van der Waals surface area contributed by atoms with Crippen LogP contribution in [0.3, 0.4) is 0 Å². The van der Waals surface area contributed by atoms with Crippen molar-refractivity contribution in [1.82, 2.24) is 5.32 Å². The van der Waals surface area contributed by atoms with Crippen molar-refractivity contribution in [2.75, 3.05) is 6.54 Å². The molecule has 0 saturated heterocycles. The molecule has 18 heavy (non-hydrogen) atoms. The van der Waals surface area contributed by atoms with Crippen LogP contribution in [0.4, 0.5) is 0 Å². The van der Waals surface area contributed by atoms with Crippen molar-refractivity contribution in [3.05, 3.63) is 35.4 Å². The Labute approximate surface area is 110 Å². The molecule has 2 nitrogen and oxygen atoms in total. The van der Waals surface area contributed by atoms with Crippen LogP contribution in [0.25, 0.3) is 0 Å². The van der Waals surface area contributed by atoms with Crippen LogP contribution < -0.4 is 5.32 Å². The van der Waals surface area contributed by atoms with Gasteiger partial charge in [0.15, 0.2) is 0 Å². The average Bonchev–Trinajstić information content (AvgIpc) is 2.38. The van der Waals surface area contributed by atoms with E-state index in [9.17, 15) is 0 Å². The van der Waals surface area contributed by atoms with Gasteiger partial charge in [-0.1, -0.05) is 24.3 Å². The van der Waals surface area contributed by atoms with Crippen molar-refractivity contribution in [3.8, 4) is 6.07 Å². The lowest BCUT2D eigenvalue weighted by molar-refractivity contribution is 0.389. The molecule has 1 aromatic rings. The third-order valence-electron chi connectivity index (χ3n) is 3.83. The number of nitrogens with one attached hydrogen (secondary N) is 1. The highest BCUT2D eigenvalue weighted by Gasteiger charge is 2.20. The topological polar surface area (TPSA) is 35.8 Å². The minimum atomic E-state index is -0.209. The first-order valence-corrected chi connectivity index (χ1v) is 6.82. The highest BCUT2D eigenvalue weighted by Crippen LogP contribution is 2.22. The lowest BCUT2D eigenvalue weighted by atomic mass is 9.87. The Bertz CT molecular complexity index is 443. The molecule has 0 bridgehead atoms. The predicted octanol–water partition coefficient (Wildman–Crippen LogP) is 3.07. The van der Waals surface area contributed by atoms with E-state index in [1.807, 2.05) is 13.8 Å². The minimum Gasteiger partial charge on any atom is -0.314 e. The molecule has 0 aliphatic heterocycles. The van der Waals surface area contributed by atoms with Gasteiger partial charge in [-0.25, -0.2) is 0 Å². The zero-order valence-corrected chi connectivity index (χ0v) is 11.4. The van der Waals surface area contributed by atoms with Crippen molar-refractivity contribution >= 4 is 0 Å². The van der Waals surface area contributed by atoms with Crippen LogP contribution in [0.5, 0.6) is 0 Å². The molecule has 1 unspecified atom stereocenters. The molecule has 0 aromatic heterocycles. The maximum Gasteiger partial charge on any atom is 0.0684 e. The molecule has 0 saturated carbocycles. The summed E-state index contributed by atoms with van der Waals surface area (Å²) in [5.74, 6) is 0. The van der Waals surface area contributed by atoms with E-state index in [2.05, 4.69) is 35.7 Å². The summed E-state index contributed by atoms with van der Waals surface area (Å²) in [5.41, 5.74) is 2.79. The standard InChI is InChI=1S/C16H22N2/c1-16(2,12-17)9-10-18-15-8-7-13-5-3-4-6-14(13)11-15/h3-6,15,18H,7-11H2,1-2H3. The first-order chi connectivity index (χ1) is 8.61. The number of nitrogens with zero attached hydrogens (tertiary/aromatic N) is 1. The van der Waals surface area contributed by atoms with Gasteiger partial charge in [-0.15, -0.1) is 0 Å². The second-order valence-corrected chi connectivity index (χ2v) is 5.91. The molecule has 0 radical (unpaired) electrons. The summed E-state index contributed by atoms with van der Waals surface area (Å²) in [6, 6.07) is 11.7. The Kier molecular flexibility index (Phi) is 4.04. The van der Waals surface area contributed by atoms with Crippen molar-refractivity contribution in [1.29, 1.82) is 5.26 Å². The molecule has 0 heterocycles. The van der Waals surface area contributed by atoms with Crippen molar-refractivity contribution < 1.29 is 0 Å². The quantitative estimate of drug-likeness (QED) is 0.880. The fraction of sp³-hybridized carbons (Fsp3) is 0.562. The predicted molar refractivity (Wildman–Crippen MR) is 74.3 cm³/mol. The molecular formula is C16H22N2. The van der Waals surface area contributed by atoms with Gasteiger partial charge in [-0.2, -0.15) is 5.26 Å². The largest absolute Gasteiger partial charge is 0.314 e. The van der Waals surface area contributed by atoms with Crippen LogP contribution in [-0.2, 0) is 12.8 Å². The van der Waals surface area contributed by atoms with E-state index < -0.39 is 0 Å². The number of nitriles is 1. The molecule has 1 aliphatic rings. The van der Waals surface area contributed by atoms with Crippen molar-refractivity contribution in [3.63, 3.8) is 0 Å². The summed E-state index contributed by atoms with van der Waals surface area (Å²) in [4.78, 5) is 0. The number of fused-ring (bicyclic) bond motifs is 1. The molecule has 0 spiro atoms. The second-order valence-electron chi connectivity index (χ2n) is 5.91. The number of hydrogen-bond acceptors (Lipinski definition) is 2. The van der Waals surface area contributed by atoms with Crippen LogP contribution in [0.2, 0.25) is 0 Å². The van der Waals surface area contributed by atoms with Crippen molar-refractivity contribution in [2.24, 2.45) is 5.41 Å². The van der Waals surface area contributed by atoms with Crippen LogP contribution >= 0.6 is 0 Å². The zero-order valence-electron chi connectivity index (χ0n) is 11.4. The zero-order chi connectivity index (χ0) is 13.0. The van der Waals surface area contributed by atoms with Crippen LogP contribution in [0.1, 0.15) is 37.8 Å². The Morgan fingerprint density at radius 1 is 1.33 bits per heavy atom. The van der Waals surface area contributed by atoms with E-state index in [0.29, 0.717) is 6.04 Å². The molecule has 0 fully saturated rings. The highest BCUT2D eigenvalue weighted by atomic mass is 14.9. The van der Waals surface area contributed by atoms with E-state index in [0.717, 1.165) is 19.4 Å². The summed E-state index contributed by atoms with van der Waals surface area (Å²) in [7, 11) is 0. The molecule has 2 rings (SSSR count). The van der Waals surface area contributed by atoms with E-state index >= 15 is 0 Å². The summed E-state index contributed by atoms with van der Waals surface area (Å²) >= 11 is 0. The van der Waals surface area contributed by atoms with Gasteiger partial charge in [0.2, 0.25) is 0 Å². The Hall–Kier alpha value is -1.33. The number of benzene rings is 1. The van der Waals surface area contributed by atoms with Gasteiger partial charge in [0.05, 0.1) is 11.5 Å². The Morgan fingerprint density at radius 3 is 2.78 bits per heavy atom.